The molecule has 17 heavy (non-hydrogen) atoms. The average Bonchev–Trinajstić information content (AvgIpc) is 2.83. The quantitative estimate of drug-likeness (QED) is 0.739. The first kappa shape index (κ1) is 12.7. The van der Waals surface area contributed by atoms with Crippen LogP contribution in [0.3, 0.4) is 0 Å². The van der Waals surface area contributed by atoms with Crippen LogP contribution < -0.4 is 0 Å². The van der Waals surface area contributed by atoms with Gasteiger partial charge in [0.15, 0.2) is 0 Å². The van der Waals surface area contributed by atoms with Crippen LogP contribution in [0.25, 0.3) is 0 Å². The van der Waals surface area contributed by atoms with E-state index in [1.807, 2.05) is 4.90 Å². The summed E-state index contributed by atoms with van der Waals surface area (Å²) in [5.41, 5.74) is 0. The number of likely N-dealkylation sites (tertiary alicyclic amines) is 1. The third-order valence-electron chi connectivity index (χ3n) is 4.23. The van der Waals surface area contributed by atoms with Crippen LogP contribution in [-0.4, -0.2) is 30.2 Å². The summed E-state index contributed by atoms with van der Waals surface area (Å²) in [6.07, 6.45) is 7.14. The molecule has 0 N–H and O–H groups in total. The molecule has 1 heterocycles. The van der Waals surface area contributed by atoms with E-state index in [4.69, 9.17) is 4.74 Å². The number of hydrogen-bond acceptors (Lipinski definition) is 2. The maximum Gasteiger partial charge on any atom is 0.410 e. The lowest BCUT2D eigenvalue weighted by Crippen LogP contribution is -2.38. The van der Waals surface area contributed by atoms with Gasteiger partial charge in [0.05, 0.1) is 0 Å². The molecule has 0 bridgehead atoms. The number of carbonyl (C=O) groups excluding carboxylic acids is 1. The van der Waals surface area contributed by atoms with E-state index in [0.29, 0.717) is 11.8 Å². The monoisotopic (exact) mass is 239 g/mol. The highest BCUT2D eigenvalue weighted by Crippen LogP contribution is 2.32. The summed E-state index contributed by atoms with van der Waals surface area (Å²) in [6.45, 7) is 6.26. The smallest absolute Gasteiger partial charge is 0.410 e. The van der Waals surface area contributed by atoms with Crippen molar-refractivity contribution in [3.05, 3.63) is 0 Å². The van der Waals surface area contributed by atoms with Crippen LogP contribution in [0.1, 0.15) is 52.4 Å². The minimum atomic E-state index is -0.0694. The van der Waals surface area contributed by atoms with E-state index in [9.17, 15) is 4.79 Å². The predicted molar refractivity (Wildman–Crippen MR) is 67.9 cm³/mol. The van der Waals surface area contributed by atoms with Crippen molar-refractivity contribution in [1.82, 2.24) is 4.90 Å². The molecule has 1 amide bonds. The van der Waals surface area contributed by atoms with Crippen molar-refractivity contribution in [3.63, 3.8) is 0 Å². The zero-order valence-corrected chi connectivity index (χ0v) is 11.2. The molecule has 2 atom stereocenters. The molecule has 2 fully saturated rings. The van der Waals surface area contributed by atoms with Crippen LogP contribution in [0.2, 0.25) is 0 Å². The molecule has 0 aromatic rings. The van der Waals surface area contributed by atoms with Crippen LogP contribution in [0, 0.1) is 11.8 Å². The summed E-state index contributed by atoms with van der Waals surface area (Å²) in [5, 5.41) is 0. The Morgan fingerprint density at radius 3 is 2.41 bits per heavy atom. The molecule has 0 aromatic carbocycles. The Morgan fingerprint density at radius 1 is 1.12 bits per heavy atom. The molecule has 98 valence electrons. The maximum atomic E-state index is 12.0. The van der Waals surface area contributed by atoms with E-state index >= 15 is 0 Å². The number of ether oxygens (including phenoxy) is 1. The Bertz CT molecular complexity index is 259. The van der Waals surface area contributed by atoms with Gasteiger partial charge >= 0.3 is 6.09 Å². The lowest BCUT2D eigenvalue weighted by molar-refractivity contribution is 0.00463. The van der Waals surface area contributed by atoms with Gasteiger partial charge in [-0.2, -0.15) is 0 Å². The molecule has 3 nitrogen and oxygen atoms in total. The van der Waals surface area contributed by atoms with E-state index in [2.05, 4.69) is 13.8 Å². The molecule has 2 unspecified atom stereocenters. The summed E-state index contributed by atoms with van der Waals surface area (Å²) >= 11 is 0. The topological polar surface area (TPSA) is 29.5 Å². The molecule has 0 spiro atoms. The van der Waals surface area contributed by atoms with Crippen molar-refractivity contribution in [1.29, 1.82) is 0 Å². The maximum absolute atomic E-state index is 12.0. The number of rotatable bonds is 2. The van der Waals surface area contributed by atoms with Crippen LogP contribution >= 0.6 is 0 Å². The van der Waals surface area contributed by atoms with Crippen molar-refractivity contribution < 1.29 is 9.53 Å². The summed E-state index contributed by atoms with van der Waals surface area (Å²) in [4.78, 5) is 13.9. The van der Waals surface area contributed by atoms with E-state index < -0.39 is 0 Å². The van der Waals surface area contributed by atoms with E-state index in [1.54, 1.807) is 0 Å². The second-order valence-electron chi connectivity index (χ2n) is 5.81. The highest BCUT2D eigenvalue weighted by atomic mass is 16.6. The zero-order chi connectivity index (χ0) is 12.3. The van der Waals surface area contributed by atoms with Crippen LogP contribution in [0.5, 0.6) is 0 Å². The highest BCUT2D eigenvalue weighted by Gasteiger charge is 2.32. The molecule has 3 heteroatoms. The summed E-state index contributed by atoms with van der Waals surface area (Å²) in [5.74, 6) is 1.18. The van der Waals surface area contributed by atoms with Crippen LogP contribution in [-0.2, 0) is 4.74 Å². The standard InChI is InChI=1S/C14H25NO2/c1-11(2)12-7-3-4-8-13(12)17-14(16)15-9-5-6-10-15/h11-13H,3-10H2,1-2H3. The molecular weight excluding hydrogens is 214 g/mol. The van der Waals surface area contributed by atoms with Gasteiger partial charge in [-0.15, -0.1) is 0 Å². The SMILES string of the molecule is CC(C)C1CCCCC1OC(=O)N1CCCC1. The van der Waals surface area contributed by atoms with E-state index in [-0.39, 0.29) is 12.2 Å². The molecule has 2 rings (SSSR count). The number of carbonyl (C=O) groups is 1. The fourth-order valence-electron chi connectivity index (χ4n) is 3.14. The Hall–Kier alpha value is -0.730. The lowest BCUT2D eigenvalue weighted by atomic mass is 9.79. The third-order valence-corrected chi connectivity index (χ3v) is 4.23. The fraction of sp³-hybridized carbons (Fsp3) is 0.929. The van der Waals surface area contributed by atoms with Crippen molar-refractivity contribution in [3.8, 4) is 0 Å². The molecule has 1 aliphatic carbocycles. The van der Waals surface area contributed by atoms with Crippen molar-refractivity contribution in [2.24, 2.45) is 11.8 Å². The first-order valence-electron chi connectivity index (χ1n) is 7.14. The molecular formula is C14H25NO2. The van der Waals surface area contributed by atoms with Gasteiger partial charge in [-0.1, -0.05) is 20.3 Å². The minimum Gasteiger partial charge on any atom is -0.446 e. The Kier molecular flexibility index (Phi) is 4.30. The second kappa shape index (κ2) is 5.74. The Labute approximate surface area is 105 Å². The molecule has 0 aromatic heterocycles. The highest BCUT2D eigenvalue weighted by molar-refractivity contribution is 5.68. The van der Waals surface area contributed by atoms with Crippen molar-refractivity contribution in [2.45, 2.75) is 58.5 Å². The second-order valence-corrected chi connectivity index (χ2v) is 5.81. The summed E-state index contributed by atoms with van der Waals surface area (Å²) in [7, 11) is 0. The van der Waals surface area contributed by atoms with Crippen molar-refractivity contribution >= 4 is 6.09 Å². The van der Waals surface area contributed by atoms with E-state index in [1.165, 1.54) is 19.3 Å². The molecule has 0 radical (unpaired) electrons. The predicted octanol–water partition coefficient (Wildman–Crippen LogP) is 3.43. The van der Waals surface area contributed by atoms with Gasteiger partial charge in [0.25, 0.3) is 0 Å². The third kappa shape index (κ3) is 3.14. The van der Waals surface area contributed by atoms with Gasteiger partial charge in [0, 0.05) is 13.1 Å². The van der Waals surface area contributed by atoms with Gasteiger partial charge < -0.3 is 9.64 Å². The van der Waals surface area contributed by atoms with Gasteiger partial charge in [-0.3, -0.25) is 0 Å². The van der Waals surface area contributed by atoms with Crippen LogP contribution in [0.15, 0.2) is 0 Å². The summed E-state index contributed by atoms with van der Waals surface area (Å²) < 4.78 is 5.74. The van der Waals surface area contributed by atoms with Gasteiger partial charge in [0.2, 0.25) is 0 Å². The first-order chi connectivity index (χ1) is 8.18. The normalized spacial score (nSPS) is 29.7. The van der Waals surface area contributed by atoms with Crippen LogP contribution in [0.4, 0.5) is 4.79 Å². The summed E-state index contributed by atoms with van der Waals surface area (Å²) in [6, 6.07) is 0. The van der Waals surface area contributed by atoms with Gasteiger partial charge in [0.1, 0.15) is 6.10 Å². The first-order valence-corrected chi connectivity index (χ1v) is 7.14. The van der Waals surface area contributed by atoms with E-state index in [0.717, 1.165) is 32.4 Å². The van der Waals surface area contributed by atoms with Crippen molar-refractivity contribution in [2.75, 3.05) is 13.1 Å². The van der Waals surface area contributed by atoms with Gasteiger partial charge in [-0.05, 0) is 43.9 Å². The lowest BCUT2D eigenvalue weighted by Gasteiger charge is -2.34. The number of nitrogens with zero attached hydrogens (tertiary/aromatic N) is 1. The molecule has 2 aliphatic rings. The largest absolute Gasteiger partial charge is 0.446 e. The average molecular weight is 239 g/mol. The Morgan fingerprint density at radius 2 is 1.76 bits per heavy atom. The zero-order valence-electron chi connectivity index (χ0n) is 11.2. The molecule has 1 saturated carbocycles. The fourth-order valence-corrected chi connectivity index (χ4v) is 3.14. The molecule has 1 aliphatic heterocycles. The van der Waals surface area contributed by atoms with Gasteiger partial charge in [-0.25, -0.2) is 4.79 Å². The number of hydrogen-bond donors (Lipinski definition) is 0. The Balaban J connectivity index is 1.88. The number of amides is 1. The molecule has 1 saturated heterocycles. The minimum absolute atomic E-state index is 0.0694.